The van der Waals surface area contributed by atoms with Crippen LogP contribution in [0.1, 0.15) is 4.88 Å². The van der Waals surface area contributed by atoms with Gasteiger partial charge in [0.1, 0.15) is 16.6 Å². The normalized spacial score (nSPS) is 11.1. The molecule has 0 spiro atoms. The fraction of sp³-hybridized carbons (Fsp3) is 0. The molecule has 0 aliphatic rings. The molecule has 0 fully saturated rings. The van der Waals surface area contributed by atoms with E-state index in [0.717, 1.165) is 38.8 Å². The average molecular weight is 500 g/mol. The van der Waals surface area contributed by atoms with Gasteiger partial charge in [0.25, 0.3) is 0 Å². The highest BCUT2D eigenvalue weighted by Gasteiger charge is 2.12. The molecule has 37 heavy (non-hydrogen) atoms. The Morgan fingerprint density at radius 3 is 1.76 bits per heavy atom. The summed E-state index contributed by atoms with van der Waals surface area (Å²) in [6.07, 6.45) is 2.92. The molecule has 0 saturated heterocycles. The monoisotopic (exact) mass is 499 g/mol. The number of para-hydroxylation sites is 2. The Bertz CT molecular complexity index is 1550. The predicted molar refractivity (Wildman–Crippen MR) is 149 cm³/mol. The fourth-order valence-electron chi connectivity index (χ4n) is 3.98. The van der Waals surface area contributed by atoms with Crippen LogP contribution >= 0.6 is 11.3 Å². The van der Waals surface area contributed by atoms with Crippen LogP contribution < -0.4 is 4.90 Å². The van der Waals surface area contributed by atoms with Crippen LogP contribution in [-0.4, -0.2) is 16.1 Å². The number of thiazole rings is 1. The predicted octanol–water partition coefficient (Wildman–Crippen LogP) is 7.94. The van der Waals surface area contributed by atoms with Crippen LogP contribution in [0, 0.1) is 11.3 Å². The number of rotatable bonds is 7. The van der Waals surface area contributed by atoms with Gasteiger partial charge in [0.15, 0.2) is 0 Å². The number of nitrogens with zero attached hydrogens (tertiary/aromatic N) is 3. The van der Waals surface area contributed by atoms with Gasteiger partial charge in [-0.3, -0.25) is 0 Å². The molecule has 5 aromatic rings. The van der Waals surface area contributed by atoms with Crippen LogP contribution in [0.4, 0.5) is 17.1 Å². The van der Waals surface area contributed by atoms with Crippen molar-refractivity contribution in [1.29, 1.82) is 5.26 Å². The van der Waals surface area contributed by atoms with Gasteiger partial charge < -0.3 is 10.0 Å². The van der Waals surface area contributed by atoms with Gasteiger partial charge in [0, 0.05) is 33.7 Å². The average Bonchev–Trinajstić information content (AvgIpc) is 3.42. The quantitative estimate of drug-likeness (QED) is 0.182. The first-order valence-corrected chi connectivity index (χ1v) is 12.4. The third kappa shape index (κ3) is 5.32. The molecule has 1 heterocycles. The lowest BCUT2D eigenvalue weighted by molar-refractivity contribution is -0.132. The third-order valence-electron chi connectivity index (χ3n) is 5.78. The molecule has 178 valence electrons. The largest absolute Gasteiger partial charge is 0.477 e. The second-order valence-electron chi connectivity index (χ2n) is 8.17. The van der Waals surface area contributed by atoms with Gasteiger partial charge in [0.05, 0.1) is 0 Å². The second kappa shape index (κ2) is 10.7. The standard InChI is InChI=1S/C31H21N3O2S/c32-20-25(31(35)36)19-29-21-33-30(37-29)24-13-11-22(12-14-24)23-15-17-28(18-16-23)34(26-7-3-1-4-8-26)27-9-5-2-6-10-27/h1-19,21H,(H,35,36)/b25-19+. The number of nitriles is 1. The maximum absolute atomic E-state index is 11.1. The second-order valence-corrected chi connectivity index (χ2v) is 9.24. The molecule has 6 heteroatoms. The molecular weight excluding hydrogens is 478 g/mol. The number of aliphatic carboxylic acids is 1. The third-order valence-corrected chi connectivity index (χ3v) is 6.77. The van der Waals surface area contributed by atoms with Crippen LogP contribution in [0.5, 0.6) is 0 Å². The van der Waals surface area contributed by atoms with Gasteiger partial charge in [-0.05, 0) is 53.6 Å². The molecule has 1 N–H and O–H groups in total. The first kappa shape index (κ1) is 23.7. The summed E-state index contributed by atoms with van der Waals surface area (Å²) in [5.41, 5.74) is 6.04. The molecule has 4 aromatic carbocycles. The summed E-state index contributed by atoms with van der Waals surface area (Å²) in [4.78, 5) is 18.3. The van der Waals surface area contributed by atoms with Crippen LogP contribution in [0.25, 0.3) is 27.8 Å². The lowest BCUT2D eigenvalue weighted by Crippen LogP contribution is -2.09. The summed E-state index contributed by atoms with van der Waals surface area (Å²) in [5.74, 6) is -1.25. The Kier molecular flexibility index (Phi) is 6.89. The van der Waals surface area contributed by atoms with Crippen LogP contribution in [0.3, 0.4) is 0 Å². The number of anilines is 3. The van der Waals surface area contributed by atoms with Gasteiger partial charge in [-0.1, -0.05) is 72.8 Å². The van der Waals surface area contributed by atoms with Crippen molar-refractivity contribution in [2.45, 2.75) is 0 Å². The van der Waals surface area contributed by atoms with E-state index < -0.39 is 5.97 Å². The van der Waals surface area contributed by atoms with Gasteiger partial charge >= 0.3 is 5.97 Å². The zero-order chi connectivity index (χ0) is 25.6. The fourth-order valence-corrected chi connectivity index (χ4v) is 4.85. The molecular formula is C31H21N3O2S. The number of hydrogen-bond donors (Lipinski definition) is 1. The smallest absolute Gasteiger partial charge is 0.346 e. The molecule has 0 bridgehead atoms. The zero-order valence-corrected chi connectivity index (χ0v) is 20.5. The minimum Gasteiger partial charge on any atom is -0.477 e. The topological polar surface area (TPSA) is 77.2 Å². The minimum absolute atomic E-state index is 0.313. The van der Waals surface area contributed by atoms with E-state index in [9.17, 15) is 4.79 Å². The Balaban J connectivity index is 1.39. The molecule has 5 rings (SSSR count). The van der Waals surface area contributed by atoms with Gasteiger partial charge in [0.2, 0.25) is 0 Å². The van der Waals surface area contributed by atoms with E-state index in [-0.39, 0.29) is 5.57 Å². The van der Waals surface area contributed by atoms with E-state index in [4.69, 9.17) is 10.4 Å². The molecule has 0 saturated carbocycles. The summed E-state index contributed by atoms with van der Waals surface area (Å²) in [6, 6.07) is 38.8. The summed E-state index contributed by atoms with van der Waals surface area (Å²) >= 11 is 1.34. The number of carbonyl (C=O) groups is 1. The molecule has 0 atom stereocenters. The molecule has 0 aliphatic heterocycles. The van der Waals surface area contributed by atoms with E-state index in [1.165, 1.54) is 17.4 Å². The first-order chi connectivity index (χ1) is 18.1. The van der Waals surface area contributed by atoms with Gasteiger partial charge in [-0.2, -0.15) is 5.26 Å². The first-order valence-electron chi connectivity index (χ1n) is 11.5. The van der Waals surface area contributed by atoms with Crippen molar-refractivity contribution in [3.63, 3.8) is 0 Å². The molecule has 0 amide bonds. The zero-order valence-electron chi connectivity index (χ0n) is 19.7. The molecule has 0 unspecified atom stereocenters. The van der Waals surface area contributed by atoms with E-state index in [0.29, 0.717) is 4.88 Å². The van der Waals surface area contributed by atoms with Crippen molar-refractivity contribution >= 4 is 40.4 Å². The Hall–Kier alpha value is -4.99. The maximum Gasteiger partial charge on any atom is 0.346 e. The summed E-state index contributed by atoms with van der Waals surface area (Å²) in [5, 5.41) is 18.8. The lowest BCUT2D eigenvalue weighted by atomic mass is 10.0. The van der Waals surface area contributed by atoms with Crippen LogP contribution in [-0.2, 0) is 4.79 Å². The molecule has 5 nitrogen and oxygen atoms in total. The highest BCUT2D eigenvalue weighted by atomic mass is 32.1. The number of hydrogen-bond acceptors (Lipinski definition) is 5. The maximum atomic E-state index is 11.1. The highest BCUT2D eigenvalue weighted by molar-refractivity contribution is 7.15. The highest BCUT2D eigenvalue weighted by Crippen LogP contribution is 2.35. The van der Waals surface area contributed by atoms with Crippen molar-refractivity contribution in [2.75, 3.05) is 4.90 Å². The molecule has 1 aromatic heterocycles. The summed E-state index contributed by atoms with van der Waals surface area (Å²) in [6.45, 7) is 0. The van der Waals surface area contributed by atoms with Gasteiger partial charge in [-0.25, -0.2) is 9.78 Å². The molecule has 0 aliphatic carbocycles. The van der Waals surface area contributed by atoms with Gasteiger partial charge in [-0.15, -0.1) is 11.3 Å². The molecule has 0 radical (unpaired) electrons. The van der Waals surface area contributed by atoms with Crippen molar-refractivity contribution in [2.24, 2.45) is 0 Å². The summed E-state index contributed by atoms with van der Waals surface area (Å²) in [7, 11) is 0. The van der Waals surface area contributed by atoms with Crippen molar-refractivity contribution in [1.82, 2.24) is 4.98 Å². The number of aromatic nitrogens is 1. The van der Waals surface area contributed by atoms with Crippen molar-refractivity contribution in [3.05, 3.63) is 126 Å². The lowest BCUT2D eigenvalue weighted by Gasteiger charge is -2.25. The van der Waals surface area contributed by atoms with E-state index in [1.54, 1.807) is 12.3 Å². The number of benzene rings is 4. The van der Waals surface area contributed by atoms with Crippen molar-refractivity contribution < 1.29 is 9.90 Å². The minimum atomic E-state index is -1.25. The van der Waals surface area contributed by atoms with Crippen LogP contribution in [0.15, 0.2) is 121 Å². The van der Waals surface area contributed by atoms with E-state index >= 15 is 0 Å². The Labute approximate surface area is 218 Å². The van der Waals surface area contributed by atoms with Crippen LogP contribution in [0.2, 0.25) is 0 Å². The Morgan fingerprint density at radius 2 is 1.24 bits per heavy atom. The Morgan fingerprint density at radius 1 is 0.757 bits per heavy atom. The van der Waals surface area contributed by atoms with Crippen molar-refractivity contribution in [3.8, 4) is 27.8 Å². The van der Waals surface area contributed by atoms with E-state index in [2.05, 4.69) is 58.4 Å². The SMILES string of the molecule is N#C/C(=C\c1cnc(-c2ccc(-c3ccc(N(c4ccccc4)c4ccccc4)cc3)cc2)s1)C(=O)O. The number of carboxylic acids is 1. The summed E-state index contributed by atoms with van der Waals surface area (Å²) < 4.78 is 0. The van der Waals surface area contributed by atoms with E-state index in [1.807, 2.05) is 60.7 Å². The number of carboxylic acid groups (broad SMARTS) is 1.